The molecule has 0 aromatic carbocycles. The zero-order chi connectivity index (χ0) is 25.5. The molecule has 1 fully saturated rings. The molecule has 13 heteroatoms. The van der Waals surface area contributed by atoms with E-state index in [0.29, 0.717) is 36.9 Å². The number of carbonyl (C=O) groups excluding carboxylic acids is 2. The molecule has 4 rings (SSSR count). The minimum atomic E-state index is -2.98. The predicted molar refractivity (Wildman–Crippen MR) is 124 cm³/mol. The number of pyridine rings is 1. The summed E-state index contributed by atoms with van der Waals surface area (Å²) in [7, 11) is 0. The smallest absolute Gasteiger partial charge is 0.273 e. The quantitative estimate of drug-likeness (QED) is 0.364. The Kier molecular flexibility index (Phi) is 7.96. The highest BCUT2D eigenvalue weighted by Crippen LogP contribution is 2.26. The number of hydrogen-bond donors (Lipinski definition) is 2. The van der Waals surface area contributed by atoms with E-state index in [0.717, 1.165) is 19.8 Å². The van der Waals surface area contributed by atoms with Crippen molar-refractivity contribution in [2.45, 2.75) is 64.6 Å². The largest absolute Gasteiger partial charge is 0.350 e. The summed E-state index contributed by atoms with van der Waals surface area (Å²) in [5.74, 6) is -3.07. The molecule has 0 radical (unpaired) electrons. The molecular weight excluding hydrogens is 472 g/mol. The van der Waals surface area contributed by atoms with Gasteiger partial charge in [-0.15, -0.1) is 10.2 Å². The van der Waals surface area contributed by atoms with Gasteiger partial charge in [0.2, 0.25) is 0 Å². The van der Waals surface area contributed by atoms with Crippen LogP contribution < -0.4 is 10.6 Å². The van der Waals surface area contributed by atoms with E-state index in [9.17, 15) is 18.4 Å². The number of halogens is 2. The summed E-state index contributed by atoms with van der Waals surface area (Å²) in [6, 6.07) is 2.50. The van der Waals surface area contributed by atoms with E-state index in [4.69, 9.17) is 0 Å². The Balaban J connectivity index is 1.16. The summed E-state index contributed by atoms with van der Waals surface area (Å²) in [6.07, 6.45) is 9.53. The lowest BCUT2D eigenvalue weighted by Gasteiger charge is -2.25. The first-order valence-corrected chi connectivity index (χ1v) is 12.0. The minimum Gasteiger partial charge on any atom is -0.350 e. The lowest BCUT2D eigenvalue weighted by Crippen LogP contribution is -2.32. The molecule has 0 unspecified atom stereocenters. The van der Waals surface area contributed by atoms with Gasteiger partial charge in [-0.2, -0.15) is 0 Å². The molecule has 1 aliphatic carbocycles. The van der Waals surface area contributed by atoms with Crippen LogP contribution in [0, 0.1) is 5.92 Å². The van der Waals surface area contributed by atoms with Crippen molar-refractivity contribution in [3.63, 3.8) is 0 Å². The first-order valence-electron chi connectivity index (χ1n) is 12.0. The van der Waals surface area contributed by atoms with E-state index < -0.39 is 11.8 Å². The SMILES string of the molecule is CC(F)(F)c1ccnc(CNC(=O)c2cn(CCCCn3cc(C(=O)NCC4CCC4)nn3)nn2)c1. The Morgan fingerprint density at radius 3 is 2.19 bits per heavy atom. The first kappa shape index (κ1) is 25.3. The van der Waals surface area contributed by atoms with Gasteiger partial charge in [0.05, 0.1) is 24.6 Å². The molecule has 2 amide bonds. The fraction of sp³-hybridized carbons (Fsp3) is 0.522. The van der Waals surface area contributed by atoms with Gasteiger partial charge >= 0.3 is 0 Å². The van der Waals surface area contributed by atoms with Crippen LogP contribution in [0.2, 0.25) is 0 Å². The number of alkyl halides is 2. The van der Waals surface area contributed by atoms with Crippen LogP contribution in [-0.2, 0) is 25.6 Å². The molecule has 3 heterocycles. The van der Waals surface area contributed by atoms with Gasteiger partial charge in [0, 0.05) is 38.3 Å². The van der Waals surface area contributed by atoms with Crippen molar-refractivity contribution in [3.05, 3.63) is 53.4 Å². The highest BCUT2D eigenvalue weighted by Gasteiger charge is 2.24. The highest BCUT2D eigenvalue weighted by atomic mass is 19.3. The maximum absolute atomic E-state index is 13.5. The zero-order valence-electron chi connectivity index (χ0n) is 20.0. The molecule has 0 saturated heterocycles. The molecule has 2 N–H and O–H groups in total. The predicted octanol–water partition coefficient (Wildman–Crippen LogP) is 2.32. The first-order chi connectivity index (χ1) is 17.3. The van der Waals surface area contributed by atoms with E-state index in [-0.39, 0.29) is 23.7 Å². The highest BCUT2D eigenvalue weighted by molar-refractivity contribution is 5.92. The third kappa shape index (κ3) is 6.89. The van der Waals surface area contributed by atoms with Crippen LogP contribution >= 0.6 is 0 Å². The van der Waals surface area contributed by atoms with Crippen LogP contribution in [0.4, 0.5) is 8.78 Å². The van der Waals surface area contributed by atoms with E-state index in [1.165, 1.54) is 43.8 Å². The maximum atomic E-state index is 13.5. The summed E-state index contributed by atoms with van der Waals surface area (Å²) in [5.41, 5.74) is 0.594. The van der Waals surface area contributed by atoms with Crippen LogP contribution in [0.15, 0.2) is 30.7 Å². The number of nitrogens with zero attached hydrogens (tertiary/aromatic N) is 7. The summed E-state index contributed by atoms with van der Waals surface area (Å²) < 4.78 is 30.1. The van der Waals surface area contributed by atoms with E-state index in [1.807, 2.05) is 0 Å². The molecule has 0 atom stereocenters. The van der Waals surface area contributed by atoms with E-state index in [2.05, 4.69) is 36.2 Å². The molecule has 1 saturated carbocycles. The lowest BCUT2D eigenvalue weighted by molar-refractivity contribution is 0.0173. The molecule has 0 aliphatic heterocycles. The van der Waals surface area contributed by atoms with Crippen molar-refractivity contribution in [1.29, 1.82) is 0 Å². The third-order valence-electron chi connectivity index (χ3n) is 6.10. The average molecular weight is 502 g/mol. The molecule has 3 aromatic heterocycles. The second kappa shape index (κ2) is 11.3. The van der Waals surface area contributed by atoms with Gasteiger partial charge in [-0.05, 0) is 43.7 Å². The fourth-order valence-corrected chi connectivity index (χ4v) is 3.70. The van der Waals surface area contributed by atoms with Crippen molar-refractivity contribution in [2.75, 3.05) is 6.54 Å². The molecular formula is C23H29F2N9O2. The van der Waals surface area contributed by atoms with Crippen LogP contribution in [0.25, 0.3) is 0 Å². The second-order valence-electron chi connectivity index (χ2n) is 9.05. The molecule has 36 heavy (non-hydrogen) atoms. The number of aromatic nitrogens is 7. The third-order valence-corrected chi connectivity index (χ3v) is 6.10. The monoisotopic (exact) mass is 501 g/mol. The van der Waals surface area contributed by atoms with Gasteiger partial charge < -0.3 is 10.6 Å². The number of amides is 2. The van der Waals surface area contributed by atoms with Crippen molar-refractivity contribution in [2.24, 2.45) is 5.92 Å². The van der Waals surface area contributed by atoms with Gasteiger partial charge in [0.25, 0.3) is 17.7 Å². The Labute approximate surface area is 206 Å². The molecule has 11 nitrogen and oxygen atoms in total. The van der Waals surface area contributed by atoms with Gasteiger partial charge in [-0.25, -0.2) is 8.78 Å². The molecule has 0 bridgehead atoms. The summed E-state index contributed by atoms with van der Waals surface area (Å²) in [4.78, 5) is 28.5. The zero-order valence-corrected chi connectivity index (χ0v) is 20.0. The number of nitrogens with one attached hydrogen (secondary N) is 2. The van der Waals surface area contributed by atoms with Crippen molar-refractivity contribution in [1.82, 2.24) is 45.6 Å². The van der Waals surface area contributed by atoms with Crippen LogP contribution in [0.1, 0.15) is 71.3 Å². The van der Waals surface area contributed by atoms with Crippen LogP contribution in [0.3, 0.4) is 0 Å². The van der Waals surface area contributed by atoms with Gasteiger partial charge in [-0.1, -0.05) is 16.8 Å². The number of aryl methyl sites for hydroxylation is 2. The number of rotatable bonds is 12. The Hall–Kier alpha value is -3.77. The maximum Gasteiger partial charge on any atom is 0.273 e. The van der Waals surface area contributed by atoms with Gasteiger partial charge in [0.1, 0.15) is 0 Å². The molecule has 3 aromatic rings. The van der Waals surface area contributed by atoms with Gasteiger partial charge in [0.15, 0.2) is 11.4 Å². The lowest BCUT2D eigenvalue weighted by atomic mass is 9.85. The van der Waals surface area contributed by atoms with Crippen molar-refractivity contribution in [3.8, 4) is 0 Å². The topological polar surface area (TPSA) is 133 Å². The normalized spacial score (nSPS) is 13.9. The fourth-order valence-electron chi connectivity index (χ4n) is 3.70. The van der Waals surface area contributed by atoms with Crippen LogP contribution in [-0.4, -0.2) is 53.3 Å². The summed E-state index contributed by atoms with van der Waals surface area (Å²) >= 11 is 0. The molecule has 1 aliphatic rings. The van der Waals surface area contributed by atoms with Crippen LogP contribution in [0.5, 0.6) is 0 Å². The standard InChI is InChI=1S/C23H29F2N9O2/c1-23(24,25)17-7-8-26-18(11-17)13-28-22(36)20-15-34(32-30-20)10-3-2-9-33-14-19(29-31-33)21(35)27-12-16-5-4-6-16/h7-8,11,14-16H,2-6,9-10,12-13H2,1H3,(H,27,35)(H,28,36). The Bertz CT molecular complexity index is 1180. The number of unbranched alkanes of at least 4 members (excludes halogenated alkanes) is 1. The summed E-state index contributed by atoms with van der Waals surface area (Å²) in [5, 5.41) is 21.3. The Morgan fingerprint density at radius 1 is 1.03 bits per heavy atom. The molecule has 0 spiro atoms. The number of hydrogen-bond acceptors (Lipinski definition) is 7. The second-order valence-corrected chi connectivity index (χ2v) is 9.05. The molecule has 192 valence electrons. The van der Waals surface area contributed by atoms with Crippen molar-refractivity contribution >= 4 is 11.8 Å². The average Bonchev–Trinajstić information content (AvgIpc) is 3.49. The van der Waals surface area contributed by atoms with Gasteiger partial charge in [-0.3, -0.25) is 23.9 Å². The summed E-state index contributed by atoms with van der Waals surface area (Å²) in [6.45, 7) is 2.62. The number of carbonyl (C=O) groups is 2. The minimum absolute atomic E-state index is 0.00584. The van der Waals surface area contributed by atoms with E-state index in [1.54, 1.807) is 15.6 Å². The van der Waals surface area contributed by atoms with Crippen molar-refractivity contribution < 1.29 is 18.4 Å². The Morgan fingerprint density at radius 2 is 1.64 bits per heavy atom. The van der Waals surface area contributed by atoms with E-state index >= 15 is 0 Å².